The lowest BCUT2D eigenvalue weighted by molar-refractivity contribution is 0.111. The van der Waals surface area contributed by atoms with Gasteiger partial charge in [0.2, 0.25) is 0 Å². The molecule has 0 aromatic heterocycles. The maximum absolute atomic E-state index is 11.0. The van der Waals surface area contributed by atoms with E-state index in [-0.39, 0.29) is 31.1 Å². The van der Waals surface area contributed by atoms with Crippen LogP contribution in [-0.2, 0) is 4.74 Å². The van der Waals surface area contributed by atoms with Gasteiger partial charge in [-0.1, -0.05) is 20.8 Å². The van der Waals surface area contributed by atoms with Crippen molar-refractivity contribution in [1.82, 2.24) is 4.90 Å². The number of carbonyl (C=O) groups is 1. The van der Waals surface area contributed by atoms with Crippen LogP contribution in [0.15, 0.2) is 0 Å². The van der Waals surface area contributed by atoms with Gasteiger partial charge >= 0.3 is 6.09 Å². The Balaban J connectivity index is 0.00000144. The Bertz CT molecular complexity index is 189. The number of likely N-dealkylation sites (N-methyl/N-ethyl adjacent to an activating group) is 1. The van der Waals surface area contributed by atoms with E-state index in [1.807, 2.05) is 0 Å². The third-order valence-corrected chi connectivity index (χ3v) is 1.90. The van der Waals surface area contributed by atoms with E-state index < -0.39 is 0 Å². The first kappa shape index (κ1) is 12.6. The Hall–Kier alpha value is -0.380. The van der Waals surface area contributed by atoms with Crippen molar-refractivity contribution in [3.05, 3.63) is 0 Å². The molecule has 0 saturated carbocycles. The minimum absolute atomic E-state index is 0. The Labute approximate surface area is 86.9 Å². The van der Waals surface area contributed by atoms with Crippen molar-refractivity contribution >= 4 is 19.6 Å². The number of rotatable bonds is 1. The number of hydrogen-bond acceptors (Lipinski definition) is 2. The van der Waals surface area contributed by atoms with Crippen LogP contribution in [0.3, 0.4) is 0 Å². The van der Waals surface area contributed by atoms with Crippen LogP contribution < -0.4 is 0 Å². The molecule has 1 rings (SSSR count). The molecule has 1 aliphatic rings. The molecule has 4 heteroatoms. The number of ether oxygens (including phenoxy) is 1. The molecule has 0 spiro atoms. The smallest absolute Gasteiger partial charge is 0.409 e. The van der Waals surface area contributed by atoms with E-state index in [4.69, 9.17) is 4.74 Å². The third-order valence-electron chi connectivity index (χ3n) is 1.90. The Morgan fingerprint density at radius 1 is 1.54 bits per heavy atom. The molecule has 1 heterocycles. The summed E-state index contributed by atoms with van der Waals surface area (Å²) in [6, 6.07) is 0. The van der Waals surface area contributed by atoms with Crippen LogP contribution in [0.25, 0.3) is 0 Å². The summed E-state index contributed by atoms with van der Waals surface area (Å²) >= 11 is 0. The molecule has 13 heavy (non-hydrogen) atoms. The second kappa shape index (κ2) is 4.22. The second-order valence-corrected chi connectivity index (χ2v) is 4.65. The topological polar surface area (TPSA) is 29.5 Å². The van der Waals surface area contributed by atoms with E-state index in [1.165, 1.54) is 0 Å². The van der Waals surface area contributed by atoms with E-state index in [9.17, 15) is 4.79 Å². The van der Waals surface area contributed by atoms with E-state index in [0.29, 0.717) is 0 Å². The van der Waals surface area contributed by atoms with E-state index in [1.54, 1.807) is 11.9 Å². The summed E-state index contributed by atoms with van der Waals surface area (Å²) in [6.45, 7) is 7.19. The monoisotopic (exact) mass is 205 g/mol. The summed E-state index contributed by atoms with van der Waals surface area (Å²) in [5.74, 6) is 0. The van der Waals surface area contributed by atoms with Crippen LogP contribution in [0.1, 0.15) is 27.2 Å². The molecule has 1 amide bonds. The summed E-state index contributed by atoms with van der Waals surface area (Å²) < 4.78 is 5.14. The SMILES string of the molecule is CN1CC(CC(C)(C)C)OC1=O.S. The van der Waals surface area contributed by atoms with Crippen LogP contribution in [0.5, 0.6) is 0 Å². The van der Waals surface area contributed by atoms with Crippen molar-refractivity contribution in [1.29, 1.82) is 0 Å². The van der Waals surface area contributed by atoms with Gasteiger partial charge in [-0.3, -0.25) is 0 Å². The molecule has 78 valence electrons. The molecule has 1 atom stereocenters. The highest BCUT2D eigenvalue weighted by molar-refractivity contribution is 7.59. The molecule has 0 aromatic rings. The van der Waals surface area contributed by atoms with Crippen LogP contribution in [0, 0.1) is 5.41 Å². The first-order valence-corrected chi connectivity index (χ1v) is 4.30. The largest absolute Gasteiger partial charge is 0.444 e. The van der Waals surface area contributed by atoms with Crippen LogP contribution in [-0.4, -0.2) is 30.7 Å². The summed E-state index contributed by atoms with van der Waals surface area (Å²) in [5, 5.41) is 0. The Morgan fingerprint density at radius 2 is 2.08 bits per heavy atom. The summed E-state index contributed by atoms with van der Waals surface area (Å²) in [5.41, 5.74) is 0.232. The van der Waals surface area contributed by atoms with Crippen LogP contribution >= 0.6 is 13.5 Å². The van der Waals surface area contributed by atoms with Gasteiger partial charge in [0, 0.05) is 7.05 Å². The third kappa shape index (κ3) is 3.89. The first-order chi connectivity index (χ1) is 5.38. The second-order valence-electron chi connectivity index (χ2n) is 4.65. The zero-order valence-electron chi connectivity index (χ0n) is 8.76. The fourth-order valence-corrected chi connectivity index (χ4v) is 1.44. The van der Waals surface area contributed by atoms with Gasteiger partial charge in [0.15, 0.2) is 0 Å². The molecule has 1 aliphatic heterocycles. The molecule has 1 saturated heterocycles. The van der Waals surface area contributed by atoms with Crippen molar-refractivity contribution in [2.24, 2.45) is 5.41 Å². The molecule has 0 radical (unpaired) electrons. The van der Waals surface area contributed by atoms with Crippen molar-refractivity contribution in [3.8, 4) is 0 Å². The average molecular weight is 205 g/mol. The lowest BCUT2D eigenvalue weighted by Gasteiger charge is -2.20. The Kier molecular flexibility index (Phi) is 4.10. The van der Waals surface area contributed by atoms with Crippen molar-refractivity contribution in [3.63, 3.8) is 0 Å². The van der Waals surface area contributed by atoms with Gasteiger partial charge in [-0.15, -0.1) is 0 Å². The van der Waals surface area contributed by atoms with E-state index >= 15 is 0 Å². The number of amides is 1. The number of hydrogen-bond donors (Lipinski definition) is 0. The fourth-order valence-electron chi connectivity index (χ4n) is 1.44. The highest BCUT2D eigenvalue weighted by atomic mass is 32.1. The Morgan fingerprint density at radius 3 is 2.38 bits per heavy atom. The highest BCUT2D eigenvalue weighted by Gasteiger charge is 2.31. The predicted molar refractivity (Wildman–Crippen MR) is 57.4 cm³/mol. The average Bonchev–Trinajstić information content (AvgIpc) is 2.07. The van der Waals surface area contributed by atoms with Crippen molar-refractivity contribution in [2.75, 3.05) is 13.6 Å². The normalized spacial score (nSPS) is 22.6. The summed E-state index contributed by atoms with van der Waals surface area (Å²) in [6.07, 6.45) is 0.829. The molecular weight excluding hydrogens is 186 g/mol. The quantitative estimate of drug-likeness (QED) is 0.655. The molecule has 0 N–H and O–H groups in total. The summed E-state index contributed by atoms with van der Waals surface area (Å²) in [7, 11) is 1.77. The number of cyclic esters (lactones) is 1. The molecular formula is C9H19NO2S. The van der Waals surface area contributed by atoms with E-state index in [2.05, 4.69) is 20.8 Å². The van der Waals surface area contributed by atoms with Gasteiger partial charge in [0.05, 0.1) is 6.54 Å². The van der Waals surface area contributed by atoms with Gasteiger partial charge < -0.3 is 9.64 Å². The lowest BCUT2D eigenvalue weighted by Crippen LogP contribution is -2.22. The molecule has 0 aliphatic carbocycles. The minimum atomic E-state index is -0.191. The standard InChI is InChI=1S/C9H17NO2.H2S/c1-9(2,3)5-7-6-10(4)8(11)12-7;/h7H,5-6H2,1-4H3;1H2. The van der Waals surface area contributed by atoms with Gasteiger partial charge in [-0.05, 0) is 11.8 Å². The van der Waals surface area contributed by atoms with Crippen LogP contribution in [0.2, 0.25) is 0 Å². The van der Waals surface area contributed by atoms with Gasteiger partial charge in [-0.25, -0.2) is 4.79 Å². The molecule has 0 bridgehead atoms. The summed E-state index contributed by atoms with van der Waals surface area (Å²) in [4.78, 5) is 12.6. The zero-order valence-corrected chi connectivity index (χ0v) is 9.76. The van der Waals surface area contributed by atoms with E-state index in [0.717, 1.165) is 13.0 Å². The van der Waals surface area contributed by atoms with Gasteiger partial charge in [0.1, 0.15) is 6.10 Å². The minimum Gasteiger partial charge on any atom is -0.444 e. The highest BCUT2D eigenvalue weighted by Crippen LogP contribution is 2.25. The first-order valence-electron chi connectivity index (χ1n) is 4.30. The van der Waals surface area contributed by atoms with Gasteiger partial charge in [-0.2, -0.15) is 13.5 Å². The molecule has 1 unspecified atom stereocenters. The lowest BCUT2D eigenvalue weighted by atomic mass is 9.89. The zero-order chi connectivity index (χ0) is 9.35. The number of carbonyl (C=O) groups excluding carboxylic acids is 1. The molecule has 3 nitrogen and oxygen atoms in total. The van der Waals surface area contributed by atoms with Crippen molar-refractivity contribution in [2.45, 2.75) is 33.3 Å². The number of nitrogens with zero attached hydrogens (tertiary/aromatic N) is 1. The molecule has 1 fully saturated rings. The maximum atomic E-state index is 11.0. The molecule has 0 aromatic carbocycles. The van der Waals surface area contributed by atoms with Gasteiger partial charge in [0.25, 0.3) is 0 Å². The van der Waals surface area contributed by atoms with Crippen molar-refractivity contribution < 1.29 is 9.53 Å². The fraction of sp³-hybridized carbons (Fsp3) is 0.889. The maximum Gasteiger partial charge on any atom is 0.409 e. The predicted octanol–water partition coefficient (Wildman–Crippen LogP) is 1.99. The van der Waals surface area contributed by atoms with Crippen LogP contribution in [0.4, 0.5) is 4.79 Å².